The van der Waals surface area contributed by atoms with E-state index in [9.17, 15) is 5.11 Å². The molecule has 1 N–H and O–H groups in total. The molecule has 1 aliphatic heterocycles. The lowest BCUT2D eigenvalue weighted by Gasteiger charge is -2.28. The molecule has 3 nitrogen and oxygen atoms in total. The van der Waals surface area contributed by atoms with E-state index in [1.165, 1.54) is 19.3 Å². The molecule has 94 valence electrons. The maximum atomic E-state index is 9.32. The van der Waals surface area contributed by atoms with E-state index in [-0.39, 0.29) is 6.61 Å². The van der Waals surface area contributed by atoms with Crippen LogP contribution in [0, 0.1) is 0 Å². The normalized spacial score (nSPS) is 16.6. The van der Waals surface area contributed by atoms with Crippen LogP contribution in [0.2, 0.25) is 0 Å². The van der Waals surface area contributed by atoms with E-state index in [0.29, 0.717) is 5.92 Å². The fourth-order valence-electron chi connectivity index (χ4n) is 2.27. The first-order valence-corrected chi connectivity index (χ1v) is 6.57. The average Bonchev–Trinajstić information content (AvgIpc) is 2.39. The number of hydrogen-bond acceptors (Lipinski definition) is 3. The molecule has 2 rings (SSSR count). The van der Waals surface area contributed by atoms with Crippen molar-refractivity contribution in [2.24, 2.45) is 0 Å². The molecule has 1 fully saturated rings. The highest BCUT2D eigenvalue weighted by molar-refractivity contribution is 5.43. The predicted molar refractivity (Wildman–Crippen MR) is 70.3 cm³/mol. The largest absolute Gasteiger partial charge is 0.392 e. The molecular weight excluding hydrogens is 212 g/mol. The summed E-state index contributed by atoms with van der Waals surface area (Å²) in [6.45, 7) is 6.58. The average molecular weight is 234 g/mol. The number of aromatic nitrogens is 1. The van der Waals surface area contributed by atoms with Gasteiger partial charge in [0.1, 0.15) is 5.82 Å². The van der Waals surface area contributed by atoms with Crippen molar-refractivity contribution in [2.45, 2.75) is 45.6 Å². The van der Waals surface area contributed by atoms with Gasteiger partial charge in [-0.1, -0.05) is 13.8 Å². The number of piperidine rings is 1. The van der Waals surface area contributed by atoms with Crippen LogP contribution in [0.15, 0.2) is 12.1 Å². The second kappa shape index (κ2) is 5.50. The summed E-state index contributed by atoms with van der Waals surface area (Å²) >= 11 is 0. The van der Waals surface area contributed by atoms with Gasteiger partial charge in [-0.15, -0.1) is 0 Å². The van der Waals surface area contributed by atoms with Crippen LogP contribution in [0.25, 0.3) is 0 Å². The Kier molecular flexibility index (Phi) is 4.00. The Balaban J connectivity index is 2.28. The molecule has 0 bridgehead atoms. The van der Waals surface area contributed by atoms with Crippen molar-refractivity contribution in [3.05, 3.63) is 23.4 Å². The number of hydrogen-bond donors (Lipinski definition) is 1. The molecule has 1 saturated heterocycles. The standard InChI is InChI=1S/C14H22N2O/c1-11(2)13-8-12(10-17)9-14(15-13)16-6-4-3-5-7-16/h8-9,11,17H,3-7,10H2,1-2H3. The Morgan fingerprint density at radius 1 is 1.24 bits per heavy atom. The summed E-state index contributed by atoms with van der Waals surface area (Å²) in [6, 6.07) is 4.04. The lowest BCUT2D eigenvalue weighted by molar-refractivity contribution is 0.281. The maximum Gasteiger partial charge on any atom is 0.129 e. The molecule has 2 heterocycles. The Morgan fingerprint density at radius 3 is 2.53 bits per heavy atom. The lowest BCUT2D eigenvalue weighted by Crippen LogP contribution is -2.30. The first kappa shape index (κ1) is 12.4. The number of aliphatic hydroxyl groups excluding tert-OH is 1. The van der Waals surface area contributed by atoms with Crippen LogP contribution in [0.5, 0.6) is 0 Å². The monoisotopic (exact) mass is 234 g/mol. The van der Waals surface area contributed by atoms with E-state index in [1.807, 2.05) is 12.1 Å². The van der Waals surface area contributed by atoms with Gasteiger partial charge in [-0.3, -0.25) is 0 Å². The SMILES string of the molecule is CC(C)c1cc(CO)cc(N2CCCCC2)n1. The van der Waals surface area contributed by atoms with Gasteiger partial charge in [0, 0.05) is 18.8 Å². The lowest BCUT2D eigenvalue weighted by atomic mass is 10.1. The third kappa shape index (κ3) is 2.97. The first-order valence-electron chi connectivity index (χ1n) is 6.57. The van der Waals surface area contributed by atoms with Gasteiger partial charge >= 0.3 is 0 Å². The molecule has 1 aliphatic rings. The summed E-state index contributed by atoms with van der Waals surface area (Å²) in [5, 5.41) is 9.32. The number of rotatable bonds is 3. The highest BCUT2D eigenvalue weighted by Gasteiger charge is 2.14. The van der Waals surface area contributed by atoms with E-state index < -0.39 is 0 Å². The van der Waals surface area contributed by atoms with Gasteiger partial charge < -0.3 is 10.0 Å². The smallest absolute Gasteiger partial charge is 0.129 e. The molecule has 0 atom stereocenters. The van der Waals surface area contributed by atoms with E-state index in [1.54, 1.807) is 0 Å². The molecule has 0 radical (unpaired) electrons. The Morgan fingerprint density at radius 2 is 1.94 bits per heavy atom. The van der Waals surface area contributed by atoms with Crippen molar-refractivity contribution in [1.29, 1.82) is 0 Å². The van der Waals surface area contributed by atoms with E-state index in [4.69, 9.17) is 4.98 Å². The Labute approximate surface area is 103 Å². The summed E-state index contributed by atoms with van der Waals surface area (Å²) in [6.07, 6.45) is 3.83. The van der Waals surface area contributed by atoms with Crippen LogP contribution in [-0.4, -0.2) is 23.2 Å². The van der Waals surface area contributed by atoms with Crippen LogP contribution >= 0.6 is 0 Å². The molecule has 0 unspecified atom stereocenters. The van der Waals surface area contributed by atoms with E-state index in [2.05, 4.69) is 18.7 Å². The van der Waals surface area contributed by atoms with Crippen LogP contribution in [0.3, 0.4) is 0 Å². The highest BCUT2D eigenvalue weighted by atomic mass is 16.3. The second-order valence-electron chi connectivity index (χ2n) is 5.12. The van der Waals surface area contributed by atoms with Crippen molar-refractivity contribution in [3.63, 3.8) is 0 Å². The Hall–Kier alpha value is -1.09. The third-order valence-corrected chi connectivity index (χ3v) is 3.35. The van der Waals surface area contributed by atoms with Crippen molar-refractivity contribution in [1.82, 2.24) is 4.98 Å². The molecule has 0 spiro atoms. The molecule has 1 aromatic heterocycles. The molecule has 1 aromatic rings. The number of nitrogens with zero attached hydrogens (tertiary/aromatic N) is 2. The van der Waals surface area contributed by atoms with Gasteiger partial charge in [0.2, 0.25) is 0 Å². The van der Waals surface area contributed by atoms with Gasteiger partial charge in [-0.25, -0.2) is 4.98 Å². The van der Waals surface area contributed by atoms with Crippen LogP contribution < -0.4 is 4.90 Å². The van der Waals surface area contributed by atoms with Crippen LogP contribution in [-0.2, 0) is 6.61 Å². The zero-order valence-corrected chi connectivity index (χ0v) is 10.8. The van der Waals surface area contributed by atoms with Crippen LogP contribution in [0.1, 0.15) is 50.3 Å². The fraction of sp³-hybridized carbons (Fsp3) is 0.643. The summed E-state index contributed by atoms with van der Waals surface area (Å²) < 4.78 is 0. The maximum absolute atomic E-state index is 9.32. The Bertz CT molecular complexity index is 370. The minimum atomic E-state index is 0.100. The van der Waals surface area contributed by atoms with Gasteiger partial charge in [-0.2, -0.15) is 0 Å². The number of aliphatic hydroxyl groups is 1. The van der Waals surface area contributed by atoms with Crippen LogP contribution in [0.4, 0.5) is 5.82 Å². The number of pyridine rings is 1. The van der Waals surface area contributed by atoms with E-state index in [0.717, 1.165) is 30.2 Å². The molecule has 0 aromatic carbocycles. The molecular formula is C14H22N2O. The summed E-state index contributed by atoms with van der Waals surface area (Å²) in [5.41, 5.74) is 2.06. The zero-order valence-electron chi connectivity index (χ0n) is 10.8. The summed E-state index contributed by atoms with van der Waals surface area (Å²) in [5.74, 6) is 1.45. The van der Waals surface area contributed by atoms with Crippen molar-refractivity contribution < 1.29 is 5.11 Å². The van der Waals surface area contributed by atoms with Crippen molar-refractivity contribution in [3.8, 4) is 0 Å². The van der Waals surface area contributed by atoms with Gasteiger partial charge in [0.15, 0.2) is 0 Å². The molecule has 17 heavy (non-hydrogen) atoms. The summed E-state index contributed by atoms with van der Waals surface area (Å²) in [7, 11) is 0. The van der Waals surface area contributed by atoms with Gasteiger partial charge in [-0.05, 0) is 42.9 Å². The minimum Gasteiger partial charge on any atom is -0.392 e. The van der Waals surface area contributed by atoms with Gasteiger partial charge in [0.25, 0.3) is 0 Å². The minimum absolute atomic E-state index is 0.100. The highest BCUT2D eigenvalue weighted by Crippen LogP contribution is 2.23. The zero-order chi connectivity index (χ0) is 12.3. The topological polar surface area (TPSA) is 36.4 Å². The van der Waals surface area contributed by atoms with E-state index >= 15 is 0 Å². The van der Waals surface area contributed by atoms with Crippen molar-refractivity contribution in [2.75, 3.05) is 18.0 Å². The molecule has 0 saturated carbocycles. The van der Waals surface area contributed by atoms with Crippen molar-refractivity contribution >= 4 is 5.82 Å². The second-order valence-corrected chi connectivity index (χ2v) is 5.12. The third-order valence-electron chi connectivity index (χ3n) is 3.35. The molecule has 3 heteroatoms. The van der Waals surface area contributed by atoms with Gasteiger partial charge in [0.05, 0.1) is 6.61 Å². The fourth-order valence-corrected chi connectivity index (χ4v) is 2.27. The first-order chi connectivity index (χ1) is 8.20. The quantitative estimate of drug-likeness (QED) is 0.873. The number of anilines is 1. The molecule has 0 aliphatic carbocycles. The molecule has 0 amide bonds. The predicted octanol–water partition coefficient (Wildman–Crippen LogP) is 2.69. The summed E-state index contributed by atoms with van der Waals surface area (Å²) in [4.78, 5) is 7.06.